The second-order valence-corrected chi connectivity index (χ2v) is 10.6. The van der Waals surface area contributed by atoms with Gasteiger partial charge >= 0.3 is 5.97 Å². The summed E-state index contributed by atoms with van der Waals surface area (Å²) in [5.74, 6) is -0.460. The van der Waals surface area contributed by atoms with E-state index in [0.29, 0.717) is 29.9 Å². The fraction of sp³-hybridized carbons (Fsp3) is 0.286. The van der Waals surface area contributed by atoms with Gasteiger partial charge in [-0.15, -0.1) is 22.7 Å². The van der Waals surface area contributed by atoms with Crippen molar-refractivity contribution in [2.75, 3.05) is 13.2 Å². The maximum absolute atomic E-state index is 13.0. The molecule has 0 atom stereocenters. The molecule has 3 heterocycles. The second-order valence-electron chi connectivity index (χ2n) is 6.52. The minimum Gasteiger partial charge on any atom is -0.466 e. The van der Waals surface area contributed by atoms with Gasteiger partial charge in [0.25, 0.3) is 0 Å². The van der Waals surface area contributed by atoms with Gasteiger partial charge in [0.2, 0.25) is 15.8 Å². The zero-order valence-electron chi connectivity index (χ0n) is 16.9. The number of pyridine rings is 1. The highest BCUT2D eigenvalue weighted by atomic mass is 32.2. The predicted octanol–water partition coefficient (Wildman–Crippen LogP) is 3.45. The molecule has 0 fully saturated rings. The molecule has 0 amide bonds. The number of aromatic nitrogens is 1. The van der Waals surface area contributed by atoms with Gasteiger partial charge in [-0.3, -0.25) is 14.6 Å². The van der Waals surface area contributed by atoms with Crippen molar-refractivity contribution in [3.05, 3.63) is 69.0 Å². The van der Waals surface area contributed by atoms with Gasteiger partial charge in [0.1, 0.15) is 4.21 Å². The van der Waals surface area contributed by atoms with Crippen LogP contribution in [0.25, 0.3) is 0 Å². The van der Waals surface area contributed by atoms with Crippen LogP contribution in [-0.4, -0.2) is 38.3 Å². The highest BCUT2D eigenvalue weighted by Crippen LogP contribution is 2.27. The van der Waals surface area contributed by atoms with E-state index < -0.39 is 10.0 Å². The van der Waals surface area contributed by atoms with Gasteiger partial charge in [0.15, 0.2) is 0 Å². The van der Waals surface area contributed by atoms with E-state index in [2.05, 4.69) is 9.71 Å². The molecule has 0 aromatic carbocycles. The van der Waals surface area contributed by atoms with E-state index in [1.807, 2.05) is 6.07 Å². The zero-order chi connectivity index (χ0) is 22.3. The highest BCUT2D eigenvalue weighted by Gasteiger charge is 2.20. The molecule has 0 radical (unpaired) electrons. The van der Waals surface area contributed by atoms with Crippen molar-refractivity contribution in [2.24, 2.45) is 0 Å². The monoisotopic (exact) mass is 478 g/mol. The molecule has 0 aliphatic heterocycles. The summed E-state index contributed by atoms with van der Waals surface area (Å²) in [4.78, 5) is 30.1. The van der Waals surface area contributed by atoms with Crippen LogP contribution in [0.4, 0.5) is 0 Å². The van der Waals surface area contributed by atoms with Crippen molar-refractivity contribution < 1.29 is 22.7 Å². The summed E-state index contributed by atoms with van der Waals surface area (Å²) in [6.07, 6.45) is 4.12. The molecule has 7 nitrogen and oxygen atoms in total. The van der Waals surface area contributed by atoms with E-state index in [1.54, 1.807) is 42.8 Å². The number of aryl methyl sites for hydroxylation is 1. The SMILES string of the molecule is CCOC(=O)CCc1cc(CCNS(=O)(=O)c2cccs2)c(C(=O)c2cccnc2)s1. The van der Waals surface area contributed by atoms with Crippen molar-refractivity contribution in [3.63, 3.8) is 0 Å². The Labute approximate surface area is 189 Å². The predicted molar refractivity (Wildman–Crippen MR) is 120 cm³/mol. The second kappa shape index (κ2) is 10.8. The Morgan fingerprint density at radius 1 is 1.19 bits per heavy atom. The smallest absolute Gasteiger partial charge is 0.306 e. The Kier molecular flexibility index (Phi) is 8.08. The molecule has 3 rings (SSSR count). The molecule has 1 N–H and O–H groups in total. The van der Waals surface area contributed by atoms with E-state index in [-0.39, 0.29) is 28.9 Å². The number of thiophene rings is 2. The fourth-order valence-electron chi connectivity index (χ4n) is 2.88. The van der Waals surface area contributed by atoms with Crippen LogP contribution in [0.5, 0.6) is 0 Å². The van der Waals surface area contributed by atoms with Gasteiger partial charge in [-0.1, -0.05) is 6.07 Å². The zero-order valence-corrected chi connectivity index (χ0v) is 19.3. The lowest BCUT2D eigenvalue weighted by Gasteiger charge is -2.06. The fourth-order valence-corrected chi connectivity index (χ4v) is 6.12. The average Bonchev–Trinajstić information content (AvgIpc) is 3.43. The molecule has 164 valence electrons. The van der Waals surface area contributed by atoms with Gasteiger partial charge in [0.05, 0.1) is 17.9 Å². The van der Waals surface area contributed by atoms with Crippen LogP contribution in [-0.2, 0) is 32.4 Å². The maximum Gasteiger partial charge on any atom is 0.306 e. The summed E-state index contributed by atoms with van der Waals surface area (Å²) >= 11 is 2.46. The van der Waals surface area contributed by atoms with E-state index in [9.17, 15) is 18.0 Å². The van der Waals surface area contributed by atoms with Gasteiger partial charge in [0, 0.05) is 29.4 Å². The molecule has 0 aliphatic carbocycles. The Hall–Kier alpha value is -2.40. The van der Waals surface area contributed by atoms with Crippen LogP contribution >= 0.6 is 22.7 Å². The molecular formula is C21H22N2O5S3. The van der Waals surface area contributed by atoms with Crippen molar-refractivity contribution in [3.8, 4) is 0 Å². The number of ketones is 1. The van der Waals surface area contributed by atoms with Crippen LogP contribution in [0.15, 0.2) is 52.3 Å². The quantitative estimate of drug-likeness (QED) is 0.335. The number of carbonyl (C=O) groups excluding carboxylic acids is 2. The normalized spacial score (nSPS) is 11.4. The molecule has 0 saturated heterocycles. The van der Waals surface area contributed by atoms with Crippen LogP contribution in [0.2, 0.25) is 0 Å². The van der Waals surface area contributed by atoms with Gasteiger partial charge < -0.3 is 4.74 Å². The number of hydrogen-bond donors (Lipinski definition) is 1. The summed E-state index contributed by atoms with van der Waals surface area (Å²) < 4.78 is 32.5. The van der Waals surface area contributed by atoms with Crippen LogP contribution in [0, 0.1) is 0 Å². The highest BCUT2D eigenvalue weighted by molar-refractivity contribution is 7.91. The van der Waals surface area contributed by atoms with Gasteiger partial charge in [-0.05, 0) is 55.0 Å². The summed E-state index contributed by atoms with van der Waals surface area (Å²) in [5, 5.41) is 1.70. The third kappa shape index (κ3) is 6.30. The summed E-state index contributed by atoms with van der Waals surface area (Å²) in [7, 11) is -3.58. The first kappa shape index (κ1) is 23.3. The molecule has 0 bridgehead atoms. The first-order chi connectivity index (χ1) is 14.9. The lowest BCUT2D eigenvalue weighted by Crippen LogP contribution is -2.25. The molecular weight excluding hydrogens is 456 g/mol. The Morgan fingerprint density at radius 3 is 2.71 bits per heavy atom. The molecule has 10 heteroatoms. The number of nitrogens with zero attached hydrogens (tertiary/aromatic N) is 1. The third-order valence-corrected chi connectivity index (χ3v) is 8.41. The van der Waals surface area contributed by atoms with Crippen molar-refractivity contribution >= 4 is 44.4 Å². The minimum atomic E-state index is -3.58. The minimum absolute atomic E-state index is 0.154. The van der Waals surface area contributed by atoms with E-state index in [4.69, 9.17) is 4.74 Å². The van der Waals surface area contributed by atoms with Crippen LogP contribution in [0.3, 0.4) is 0 Å². The average molecular weight is 479 g/mol. The Morgan fingerprint density at radius 2 is 2.03 bits per heavy atom. The number of esters is 1. The molecule has 3 aromatic rings. The number of sulfonamides is 1. The lowest BCUT2D eigenvalue weighted by molar-refractivity contribution is -0.143. The molecule has 0 spiro atoms. The summed E-state index contributed by atoms with van der Waals surface area (Å²) in [6, 6.07) is 8.47. The largest absolute Gasteiger partial charge is 0.466 e. The van der Waals surface area contributed by atoms with E-state index >= 15 is 0 Å². The van der Waals surface area contributed by atoms with Crippen molar-refractivity contribution in [1.82, 2.24) is 9.71 Å². The standard InChI is InChI=1S/C21H22N2O5S3/c1-2-28-18(24)8-7-17-13-15(9-11-23-31(26,27)19-6-4-12-29-19)21(30-17)20(25)16-5-3-10-22-14-16/h3-6,10,12-14,23H,2,7-9,11H2,1H3. The molecule has 0 unspecified atom stereocenters. The third-order valence-electron chi connectivity index (χ3n) is 4.32. The summed E-state index contributed by atoms with van der Waals surface area (Å²) in [5.41, 5.74) is 1.20. The molecule has 31 heavy (non-hydrogen) atoms. The summed E-state index contributed by atoms with van der Waals surface area (Å²) in [6.45, 7) is 2.23. The molecule has 0 saturated carbocycles. The Balaban J connectivity index is 1.76. The van der Waals surface area contributed by atoms with Crippen LogP contribution < -0.4 is 4.72 Å². The number of nitrogens with one attached hydrogen (secondary N) is 1. The van der Waals surface area contributed by atoms with Crippen molar-refractivity contribution in [2.45, 2.75) is 30.4 Å². The van der Waals surface area contributed by atoms with E-state index in [0.717, 1.165) is 21.8 Å². The van der Waals surface area contributed by atoms with Crippen molar-refractivity contribution in [1.29, 1.82) is 0 Å². The van der Waals surface area contributed by atoms with Crippen LogP contribution in [0.1, 0.15) is 39.0 Å². The number of ether oxygens (including phenoxy) is 1. The topological polar surface area (TPSA) is 102 Å². The molecule has 0 aliphatic rings. The first-order valence-electron chi connectivity index (χ1n) is 9.66. The van der Waals surface area contributed by atoms with Gasteiger partial charge in [-0.2, -0.15) is 0 Å². The number of hydrogen-bond acceptors (Lipinski definition) is 8. The Bertz CT molecular complexity index is 1120. The number of carbonyl (C=O) groups is 2. The van der Waals surface area contributed by atoms with Gasteiger partial charge in [-0.25, -0.2) is 13.1 Å². The number of rotatable bonds is 11. The maximum atomic E-state index is 13.0. The van der Waals surface area contributed by atoms with E-state index in [1.165, 1.54) is 17.5 Å². The first-order valence-corrected chi connectivity index (χ1v) is 12.8. The molecule has 3 aromatic heterocycles. The lowest BCUT2D eigenvalue weighted by atomic mass is 10.1.